The van der Waals surface area contributed by atoms with Gasteiger partial charge in [0, 0.05) is 18.7 Å². The second-order valence-corrected chi connectivity index (χ2v) is 5.11. The number of aliphatic hydroxyl groups excluding tert-OH is 2. The molecule has 4 atom stereocenters. The minimum atomic E-state index is -0.161. The van der Waals surface area contributed by atoms with Crippen molar-refractivity contribution in [3.8, 4) is 0 Å². The van der Waals surface area contributed by atoms with Gasteiger partial charge in [-0.15, -0.1) is 0 Å². The molecule has 0 heterocycles. The van der Waals surface area contributed by atoms with Crippen LogP contribution >= 0.6 is 0 Å². The number of rotatable bonds is 3. The lowest BCUT2D eigenvalue weighted by Crippen LogP contribution is -2.48. The van der Waals surface area contributed by atoms with E-state index in [1.165, 1.54) is 12.8 Å². The zero-order valence-corrected chi connectivity index (χ0v) is 9.36. The van der Waals surface area contributed by atoms with E-state index in [0.29, 0.717) is 18.6 Å². The summed E-state index contributed by atoms with van der Waals surface area (Å²) in [7, 11) is 0. The Bertz CT molecular complexity index is 198. The minimum Gasteiger partial charge on any atom is -0.396 e. The topological polar surface area (TPSA) is 52.5 Å². The highest BCUT2D eigenvalue weighted by molar-refractivity contribution is 4.89. The van der Waals surface area contributed by atoms with E-state index < -0.39 is 0 Å². The molecular weight excluding hydrogens is 190 g/mol. The Morgan fingerprint density at radius 3 is 2.33 bits per heavy atom. The molecule has 88 valence electrons. The van der Waals surface area contributed by atoms with Crippen LogP contribution in [0.3, 0.4) is 0 Å². The van der Waals surface area contributed by atoms with Crippen LogP contribution < -0.4 is 5.32 Å². The molecule has 0 aromatic rings. The van der Waals surface area contributed by atoms with Crippen LogP contribution in [-0.2, 0) is 0 Å². The summed E-state index contributed by atoms with van der Waals surface area (Å²) in [4.78, 5) is 0. The van der Waals surface area contributed by atoms with Gasteiger partial charge in [0.1, 0.15) is 0 Å². The lowest BCUT2D eigenvalue weighted by molar-refractivity contribution is 0.107. The Labute approximate surface area is 91.9 Å². The first-order valence-electron chi connectivity index (χ1n) is 6.36. The molecule has 0 radical (unpaired) electrons. The largest absolute Gasteiger partial charge is 0.396 e. The molecule has 0 amide bonds. The quantitative estimate of drug-likeness (QED) is 0.656. The van der Waals surface area contributed by atoms with E-state index in [0.717, 1.165) is 32.1 Å². The van der Waals surface area contributed by atoms with Crippen LogP contribution in [0.5, 0.6) is 0 Å². The summed E-state index contributed by atoms with van der Waals surface area (Å²) >= 11 is 0. The van der Waals surface area contributed by atoms with Crippen LogP contribution in [-0.4, -0.2) is 35.0 Å². The second kappa shape index (κ2) is 5.28. The van der Waals surface area contributed by atoms with E-state index in [-0.39, 0.29) is 12.1 Å². The van der Waals surface area contributed by atoms with E-state index in [1.54, 1.807) is 0 Å². The van der Waals surface area contributed by atoms with E-state index in [4.69, 9.17) is 0 Å². The molecular formula is C12H23NO2. The zero-order valence-electron chi connectivity index (χ0n) is 9.36. The Balaban J connectivity index is 1.85. The molecule has 0 aromatic heterocycles. The average Bonchev–Trinajstić information content (AvgIpc) is 2.65. The highest BCUT2D eigenvalue weighted by Gasteiger charge is 2.31. The molecule has 3 nitrogen and oxygen atoms in total. The number of aliphatic hydroxyl groups is 2. The van der Waals surface area contributed by atoms with Gasteiger partial charge >= 0.3 is 0 Å². The standard InChI is InChI=1S/C12H23NO2/c14-8-9-4-1-2-5-10(9)13-11-6-3-7-12(11)15/h9-15H,1-8H2. The number of hydrogen-bond acceptors (Lipinski definition) is 3. The van der Waals surface area contributed by atoms with Gasteiger partial charge in [0.15, 0.2) is 0 Å². The van der Waals surface area contributed by atoms with Crippen LogP contribution in [0.1, 0.15) is 44.9 Å². The van der Waals surface area contributed by atoms with Crippen LogP contribution in [0, 0.1) is 5.92 Å². The third kappa shape index (κ3) is 2.71. The number of hydrogen-bond donors (Lipinski definition) is 3. The first kappa shape index (κ1) is 11.4. The van der Waals surface area contributed by atoms with Crippen LogP contribution in [0.15, 0.2) is 0 Å². The highest BCUT2D eigenvalue weighted by atomic mass is 16.3. The van der Waals surface area contributed by atoms with Gasteiger partial charge < -0.3 is 15.5 Å². The predicted molar refractivity (Wildman–Crippen MR) is 59.6 cm³/mol. The van der Waals surface area contributed by atoms with Crippen LogP contribution in [0.25, 0.3) is 0 Å². The van der Waals surface area contributed by atoms with Crippen molar-refractivity contribution in [3.05, 3.63) is 0 Å². The molecule has 0 saturated heterocycles. The van der Waals surface area contributed by atoms with Crippen molar-refractivity contribution in [2.24, 2.45) is 5.92 Å². The SMILES string of the molecule is OCC1CCCCC1NC1CCCC1O. The van der Waals surface area contributed by atoms with E-state index in [9.17, 15) is 10.2 Å². The minimum absolute atomic E-state index is 0.161. The Morgan fingerprint density at radius 2 is 1.67 bits per heavy atom. The van der Waals surface area contributed by atoms with Gasteiger partial charge in [0.05, 0.1) is 6.10 Å². The Hall–Kier alpha value is -0.120. The molecule has 0 bridgehead atoms. The van der Waals surface area contributed by atoms with E-state index >= 15 is 0 Å². The van der Waals surface area contributed by atoms with Crippen molar-refractivity contribution >= 4 is 0 Å². The molecule has 15 heavy (non-hydrogen) atoms. The second-order valence-electron chi connectivity index (χ2n) is 5.11. The summed E-state index contributed by atoms with van der Waals surface area (Å²) in [5.74, 6) is 0.409. The summed E-state index contributed by atoms with van der Waals surface area (Å²) in [6.45, 7) is 0.292. The summed E-state index contributed by atoms with van der Waals surface area (Å²) in [6, 6.07) is 0.712. The molecule has 0 aromatic carbocycles. The molecule has 0 aliphatic heterocycles. The summed E-state index contributed by atoms with van der Waals surface area (Å²) < 4.78 is 0. The lowest BCUT2D eigenvalue weighted by Gasteiger charge is -2.34. The molecule has 2 rings (SSSR count). The molecule has 3 heteroatoms. The van der Waals surface area contributed by atoms with Gasteiger partial charge in [0.2, 0.25) is 0 Å². The maximum atomic E-state index is 9.75. The van der Waals surface area contributed by atoms with Gasteiger partial charge in [-0.2, -0.15) is 0 Å². The van der Waals surface area contributed by atoms with Crippen molar-refractivity contribution in [1.29, 1.82) is 0 Å². The van der Waals surface area contributed by atoms with Gasteiger partial charge in [-0.05, 0) is 38.0 Å². The van der Waals surface area contributed by atoms with Gasteiger partial charge in [-0.25, -0.2) is 0 Å². The summed E-state index contributed by atoms with van der Waals surface area (Å²) in [6.07, 6.45) is 7.81. The molecule has 2 fully saturated rings. The van der Waals surface area contributed by atoms with Crippen LogP contribution in [0.4, 0.5) is 0 Å². The van der Waals surface area contributed by atoms with Crippen LogP contribution in [0.2, 0.25) is 0 Å². The first-order chi connectivity index (χ1) is 7.31. The summed E-state index contributed by atoms with van der Waals surface area (Å²) in [5.41, 5.74) is 0. The number of nitrogens with one attached hydrogen (secondary N) is 1. The maximum Gasteiger partial charge on any atom is 0.0693 e. The van der Waals surface area contributed by atoms with Gasteiger partial charge in [-0.3, -0.25) is 0 Å². The average molecular weight is 213 g/mol. The summed E-state index contributed by atoms with van der Waals surface area (Å²) in [5, 5.41) is 22.6. The van der Waals surface area contributed by atoms with Crippen molar-refractivity contribution in [2.45, 2.75) is 63.1 Å². The lowest BCUT2D eigenvalue weighted by atomic mass is 9.84. The van der Waals surface area contributed by atoms with Crippen molar-refractivity contribution < 1.29 is 10.2 Å². The maximum absolute atomic E-state index is 9.75. The van der Waals surface area contributed by atoms with E-state index in [2.05, 4.69) is 5.32 Å². The molecule has 2 saturated carbocycles. The molecule has 3 N–H and O–H groups in total. The van der Waals surface area contributed by atoms with Crippen molar-refractivity contribution in [2.75, 3.05) is 6.61 Å². The fourth-order valence-electron chi connectivity index (χ4n) is 3.06. The highest BCUT2D eigenvalue weighted by Crippen LogP contribution is 2.27. The van der Waals surface area contributed by atoms with Crippen molar-refractivity contribution in [3.63, 3.8) is 0 Å². The van der Waals surface area contributed by atoms with Gasteiger partial charge in [-0.1, -0.05) is 12.8 Å². The molecule has 2 aliphatic carbocycles. The Morgan fingerprint density at radius 1 is 0.933 bits per heavy atom. The molecule has 2 aliphatic rings. The smallest absolute Gasteiger partial charge is 0.0693 e. The third-order valence-corrected chi connectivity index (χ3v) is 4.05. The normalized spacial score (nSPS) is 42.0. The molecule has 4 unspecified atom stereocenters. The molecule has 0 spiro atoms. The fourth-order valence-corrected chi connectivity index (χ4v) is 3.06. The van der Waals surface area contributed by atoms with E-state index in [1.807, 2.05) is 0 Å². The van der Waals surface area contributed by atoms with Gasteiger partial charge in [0.25, 0.3) is 0 Å². The third-order valence-electron chi connectivity index (χ3n) is 4.05. The fraction of sp³-hybridized carbons (Fsp3) is 1.00. The zero-order chi connectivity index (χ0) is 10.7. The Kier molecular flexibility index (Phi) is 4.00. The van der Waals surface area contributed by atoms with Crippen molar-refractivity contribution in [1.82, 2.24) is 5.32 Å². The predicted octanol–water partition coefficient (Wildman–Crippen LogP) is 1.04. The monoisotopic (exact) mass is 213 g/mol. The first-order valence-corrected chi connectivity index (χ1v) is 6.36.